The molecule has 5 heteroatoms. The molecule has 1 aliphatic rings. The lowest BCUT2D eigenvalue weighted by Crippen LogP contribution is -2.30. The fourth-order valence-corrected chi connectivity index (χ4v) is 2.87. The molecule has 4 nitrogen and oxygen atoms in total. The molecule has 0 aromatic heterocycles. The number of nitrogens with zero attached hydrogens (tertiary/aromatic N) is 1. The van der Waals surface area contributed by atoms with E-state index in [1.807, 2.05) is 18.2 Å². The average molecular weight is 282 g/mol. The highest BCUT2D eigenvalue weighted by molar-refractivity contribution is 7.88. The van der Waals surface area contributed by atoms with Crippen LogP contribution in [0.25, 0.3) is 0 Å². The van der Waals surface area contributed by atoms with Crippen molar-refractivity contribution >= 4 is 10.0 Å². The maximum atomic E-state index is 11.2. The summed E-state index contributed by atoms with van der Waals surface area (Å²) < 4.78 is 24.9. The number of hydrogen-bond acceptors (Lipinski definition) is 3. The van der Waals surface area contributed by atoms with Crippen molar-refractivity contribution in [2.75, 3.05) is 19.3 Å². The van der Waals surface area contributed by atoms with Gasteiger partial charge in [0.1, 0.15) is 0 Å². The highest BCUT2D eigenvalue weighted by atomic mass is 32.2. The zero-order chi connectivity index (χ0) is 13.7. The van der Waals surface area contributed by atoms with Gasteiger partial charge in [0.05, 0.1) is 6.26 Å². The van der Waals surface area contributed by atoms with Crippen LogP contribution in [0.4, 0.5) is 0 Å². The van der Waals surface area contributed by atoms with E-state index in [-0.39, 0.29) is 0 Å². The van der Waals surface area contributed by atoms with Crippen molar-refractivity contribution in [3.8, 4) is 0 Å². The number of likely N-dealkylation sites (tertiary alicyclic amines) is 1. The van der Waals surface area contributed by atoms with Gasteiger partial charge in [-0.3, -0.25) is 4.90 Å². The Labute approximate surface area is 115 Å². The van der Waals surface area contributed by atoms with Gasteiger partial charge >= 0.3 is 0 Å². The van der Waals surface area contributed by atoms with Gasteiger partial charge in [0.15, 0.2) is 0 Å². The van der Waals surface area contributed by atoms with Gasteiger partial charge in [0, 0.05) is 13.1 Å². The van der Waals surface area contributed by atoms with E-state index in [1.54, 1.807) is 0 Å². The molecule has 1 saturated heterocycles. The van der Waals surface area contributed by atoms with Crippen molar-refractivity contribution < 1.29 is 8.42 Å². The summed E-state index contributed by atoms with van der Waals surface area (Å²) >= 11 is 0. The van der Waals surface area contributed by atoms with Crippen LogP contribution in [0.1, 0.15) is 30.4 Å². The lowest BCUT2D eigenvalue weighted by atomic mass is 10.1. The summed E-state index contributed by atoms with van der Waals surface area (Å²) in [5.74, 6) is 0. The number of rotatable bonds is 5. The molecule has 1 heterocycles. The van der Waals surface area contributed by atoms with Crippen molar-refractivity contribution in [1.29, 1.82) is 0 Å². The first-order valence-electron chi connectivity index (χ1n) is 6.78. The Morgan fingerprint density at radius 3 is 2.37 bits per heavy atom. The van der Waals surface area contributed by atoms with Gasteiger partial charge in [-0.2, -0.15) is 0 Å². The molecule has 0 bridgehead atoms. The average Bonchev–Trinajstić information content (AvgIpc) is 2.38. The Kier molecular flexibility index (Phi) is 4.96. The molecule has 2 rings (SSSR count). The largest absolute Gasteiger partial charge is 0.299 e. The van der Waals surface area contributed by atoms with E-state index in [2.05, 4.69) is 15.7 Å². The molecule has 0 radical (unpaired) electrons. The van der Waals surface area contributed by atoms with E-state index in [0.717, 1.165) is 25.2 Å². The van der Waals surface area contributed by atoms with Gasteiger partial charge in [-0.25, -0.2) is 13.1 Å². The molecule has 1 aromatic rings. The minimum Gasteiger partial charge on any atom is -0.299 e. The van der Waals surface area contributed by atoms with Gasteiger partial charge in [0.25, 0.3) is 0 Å². The summed E-state index contributed by atoms with van der Waals surface area (Å²) in [5, 5.41) is 0. The predicted molar refractivity (Wildman–Crippen MR) is 77.3 cm³/mol. The molecule has 0 aliphatic carbocycles. The van der Waals surface area contributed by atoms with Crippen LogP contribution in [0.5, 0.6) is 0 Å². The van der Waals surface area contributed by atoms with Gasteiger partial charge in [-0.15, -0.1) is 0 Å². The van der Waals surface area contributed by atoms with E-state index in [4.69, 9.17) is 0 Å². The Morgan fingerprint density at radius 2 is 1.74 bits per heavy atom. The van der Waals surface area contributed by atoms with Crippen LogP contribution in [-0.4, -0.2) is 32.7 Å². The van der Waals surface area contributed by atoms with Crippen LogP contribution in [0.3, 0.4) is 0 Å². The summed E-state index contributed by atoms with van der Waals surface area (Å²) in [7, 11) is -3.14. The lowest BCUT2D eigenvalue weighted by molar-refractivity contribution is 0.220. The van der Waals surface area contributed by atoms with Crippen molar-refractivity contribution in [3.05, 3.63) is 35.4 Å². The molecule has 0 unspecified atom stereocenters. The van der Waals surface area contributed by atoms with Crippen LogP contribution < -0.4 is 4.72 Å². The Bertz CT molecular complexity index is 508. The van der Waals surface area contributed by atoms with Gasteiger partial charge in [-0.05, 0) is 37.1 Å². The molecular weight excluding hydrogens is 260 g/mol. The highest BCUT2D eigenvalue weighted by Crippen LogP contribution is 2.16. The second kappa shape index (κ2) is 6.50. The van der Waals surface area contributed by atoms with Crippen molar-refractivity contribution in [2.45, 2.75) is 32.4 Å². The van der Waals surface area contributed by atoms with Crippen molar-refractivity contribution in [1.82, 2.24) is 9.62 Å². The molecule has 19 heavy (non-hydrogen) atoms. The summed E-state index contributed by atoms with van der Waals surface area (Å²) in [6.07, 6.45) is 5.06. The first-order valence-corrected chi connectivity index (χ1v) is 8.67. The van der Waals surface area contributed by atoms with E-state index < -0.39 is 10.0 Å². The first kappa shape index (κ1) is 14.5. The Hall–Kier alpha value is -0.910. The minimum atomic E-state index is -3.14. The van der Waals surface area contributed by atoms with E-state index in [1.165, 1.54) is 31.1 Å². The normalized spacial score (nSPS) is 17.5. The number of piperidine rings is 1. The van der Waals surface area contributed by atoms with E-state index >= 15 is 0 Å². The molecule has 0 spiro atoms. The maximum Gasteiger partial charge on any atom is 0.209 e. The fourth-order valence-electron chi connectivity index (χ4n) is 2.45. The molecule has 1 aromatic carbocycles. The van der Waals surface area contributed by atoms with Crippen LogP contribution in [0.2, 0.25) is 0 Å². The smallest absolute Gasteiger partial charge is 0.209 e. The number of hydrogen-bond donors (Lipinski definition) is 1. The lowest BCUT2D eigenvalue weighted by Gasteiger charge is -2.27. The van der Waals surface area contributed by atoms with Crippen LogP contribution in [-0.2, 0) is 23.1 Å². The minimum absolute atomic E-state index is 0.378. The van der Waals surface area contributed by atoms with Gasteiger partial charge in [0.2, 0.25) is 10.0 Å². The van der Waals surface area contributed by atoms with Gasteiger partial charge in [-0.1, -0.05) is 30.7 Å². The summed E-state index contributed by atoms with van der Waals surface area (Å²) in [6.45, 7) is 3.59. The maximum absolute atomic E-state index is 11.2. The van der Waals surface area contributed by atoms with Gasteiger partial charge < -0.3 is 0 Å². The summed E-state index contributed by atoms with van der Waals surface area (Å²) in [4.78, 5) is 2.45. The second-order valence-electron chi connectivity index (χ2n) is 5.20. The Morgan fingerprint density at radius 1 is 1.11 bits per heavy atom. The number of sulfonamides is 1. The third kappa shape index (κ3) is 4.93. The molecular formula is C14H22N2O2S. The second-order valence-corrected chi connectivity index (χ2v) is 7.03. The van der Waals surface area contributed by atoms with Crippen LogP contribution in [0.15, 0.2) is 24.3 Å². The molecule has 0 saturated carbocycles. The van der Waals surface area contributed by atoms with Crippen LogP contribution >= 0.6 is 0 Å². The third-order valence-electron chi connectivity index (χ3n) is 3.49. The highest BCUT2D eigenvalue weighted by Gasteiger charge is 2.12. The quantitative estimate of drug-likeness (QED) is 0.894. The molecule has 0 amide bonds. The van der Waals surface area contributed by atoms with E-state index in [0.29, 0.717) is 6.54 Å². The van der Waals surface area contributed by atoms with E-state index in [9.17, 15) is 8.42 Å². The number of nitrogens with one attached hydrogen (secondary N) is 1. The molecule has 1 fully saturated rings. The first-order chi connectivity index (χ1) is 9.04. The van der Waals surface area contributed by atoms with Crippen molar-refractivity contribution in [2.24, 2.45) is 0 Å². The molecule has 0 atom stereocenters. The molecule has 1 aliphatic heterocycles. The SMILES string of the molecule is CS(=O)(=O)NCc1ccccc1CN1CCCCC1. The topological polar surface area (TPSA) is 49.4 Å². The third-order valence-corrected chi connectivity index (χ3v) is 4.15. The monoisotopic (exact) mass is 282 g/mol. The zero-order valence-electron chi connectivity index (χ0n) is 11.4. The summed E-state index contributed by atoms with van der Waals surface area (Å²) in [5.41, 5.74) is 2.29. The number of benzene rings is 1. The Balaban J connectivity index is 2.02. The standard InChI is InChI=1S/C14H22N2O2S/c1-19(17,18)15-11-13-7-3-4-8-14(13)12-16-9-5-2-6-10-16/h3-4,7-8,15H,2,5-6,9-12H2,1H3. The predicted octanol–water partition coefficient (Wildman–Crippen LogP) is 1.72. The fraction of sp³-hybridized carbons (Fsp3) is 0.571. The van der Waals surface area contributed by atoms with Crippen LogP contribution in [0, 0.1) is 0 Å². The molecule has 106 valence electrons. The summed E-state index contributed by atoms with van der Waals surface area (Å²) in [6, 6.07) is 8.06. The van der Waals surface area contributed by atoms with Crippen molar-refractivity contribution in [3.63, 3.8) is 0 Å². The zero-order valence-corrected chi connectivity index (χ0v) is 12.2. The molecule has 1 N–H and O–H groups in total.